The Morgan fingerprint density at radius 2 is 1.66 bits per heavy atom. The Morgan fingerprint density at radius 1 is 0.921 bits per heavy atom. The minimum atomic E-state index is -0.667. The molecule has 38 heavy (non-hydrogen) atoms. The van der Waals surface area contributed by atoms with E-state index in [9.17, 15) is 14.8 Å². The van der Waals surface area contributed by atoms with Crippen LogP contribution < -0.4 is 15.5 Å². The van der Waals surface area contributed by atoms with E-state index in [4.69, 9.17) is 18.9 Å². The lowest BCUT2D eigenvalue weighted by Gasteiger charge is -2.23. The van der Waals surface area contributed by atoms with Gasteiger partial charge in [-0.25, -0.2) is 5.48 Å². The quantitative estimate of drug-likeness (QED) is 0.113. The average molecular weight is 524 g/mol. The van der Waals surface area contributed by atoms with Crippen molar-refractivity contribution in [2.75, 3.05) is 33.7 Å². The zero-order chi connectivity index (χ0) is 27.0. The molecule has 0 aliphatic heterocycles. The monoisotopic (exact) mass is 523 g/mol. The van der Waals surface area contributed by atoms with Crippen molar-refractivity contribution in [1.82, 2.24) is 15.8 Å². The SMILES string of the molecule is COCCOCOC[C@H](C[C@H](Cc1ccccn1)C(=O)NO)NC(=O)c1ccc(Oc2ccccc2)cc1. The van der Waals surface area contributed by atoms with Crippen LogP contribution in [0.15, 0.2) is 79.0 Å². The number of hydrogen-bond donors (Lipinski definition) is 3. The largest absolute Gasteiger partial charge is 0.457 e. The molecule has 1 aromatic heterocycles. The summed E-state index contributed by atoms with van der Waals surface area (Å²) in [4.78, 5) is 29.8. The van der Waals surface area contributed by atoms with E-state index in [0.717, 1.165) is 0 Å². The normalized spacial score (nSPS) is 12.4. The highest BCUT2D eigenvalue weighted by atomic mass is 16.7. The molecular weight excluding hydrogens is 490 g/mol. The van der Waals surface area contributed by atoms with E-state index >= 15 is 0 Å². The number of carbonyl (C=O) groups excluding carboxylic acids is 2. The molecule has 10 nitrogen and oxygen atoms in total. The van der Waals surface area contributed by atoms with Gasteiger partial charge in [-0.05, 0) is 55.0 Å². The van der Waals surface area contributed by atoms with E-state index in [1.807, 2.05) is 36.4 Å². The number of pyridine rings is 1. The van der Waals surface area contributed by atoms with Gasteiger partial charge in [-0.15, -0.1) is 0 Å². The van der Waals surface area contributed by atoms with Crippen LogP contribution in [0.1, 0.15) is 22.5 Å². The smallest absolute Gasteiger partial charge is 0.251 e. The van der Waals surface area contributed by atoms with Gasteiger partial charge in [-0.3, -0.25) is 19.8 Å². The first kappa shape index (κ1) is 28.7. The lowest BCUT2D eigenvalue weighted by molar-refractivity contribution is -0.134. The highest BCUT2D eigenvalue weighted by Crippen LogP contribution is 2.21. The van der Waals surface area contributed by atoms with Crippen LogP contribution in [0.4, 0.5) is 0 Å². The average Bonchev–Trinajstić information content (AvgIpc) is 2.95. The minimum absolute atomic E-state index is 0.00163. The molecule has 10 heteroatoms. The van der Waals surface area contributed by atoms with Crippen LogP contribution in [0.2, 0.25) is 0 Å². The number of benzene rings is 2. The Labute approximate surface area is 221 Å². The summed E-state index contributed by atoms with van der Waals surface area (Å²) < 4.78 is 21.7. The lowest BCUT2D eigenvalue weighted by atomic mass is 9.94. The Hall–Kier alpha value is -3.83. The maximum atomic E-state index is 13.1. The number of methoxy groups -OCH3 is 1. The first-order valence-electron chi connectivity index (χ1n) is 12.2. The molecule has 3 aromatic rings. The molecule has 0 bridgehead atoms. The molecule has 0 saturated heterocycles. The van der Waals surface area contributed by atoms with Crippen LogP contribution in [-0.2, 0) is 25.4 Å². The Balaban J connectivity index is 1.66. The molecule has 0 aliphatic carbocycles. The van der Waals surface area contributed by atoms with E-state index in [2.05, 4.69) is 10.3 Å². The van der Waals surface area contributed by atoms with Crippen molar-refractivity contribution >= 4 is 11.8 Å². The van der Waals surface area contributed by atoms with Gasteiger partial charge in [0, 0.05) is 36.9 Å². The molecule has 0 radical (unpaired) electrons. The molecule has 0 saturated carbocycles. The topological polar surface area (TPSA) is 128 Å². The number of rotatable bonds is 16. The van der Waals surface area contributed by atoms with Crippen molar-refractivity contribution in [1.29, 1.82) is 0 Å². The molecule has 202 valence electrons. The zero-order valence-corrected chi connectivity index (χ0v) is 21.2. The van der Waals surface area contributed by atoms with Gasteiger partial charge in [0.05, 0.1) is 25.9 Å². The van der Waals surface area contributed by atoms with E-state index in [1.165, 1.54) is 0 Å². The van der Waals surface area contributed by atoms with Crippen LogP contribution in [-0.4, -0.2) is 61.8 Å². The second kappa shape index (κ2) is 16.1. The molecule has 2 aromatic carbocycles. The van der Waals surface area contributed by atoms with E-state index in [-0.39, 0.29) is 32.1 Å². The van der Waals surface area contributed by atoms with Crippen molar-refractivity contribution in [3.05, 3.63) is 90.3 Å². The number of hydrogen-bond acceptors (Lipinski definition) is 8. The summed E-state index contributed by atoms with van der Waals surface area (Å²) in [5.74, 6) is -0.300. The summed E-state index contributed by atoms with van der Waals surface area (Å²) in [7, 11) is 1.57. The zero-order valence-electron chi connectivity index (χ0n) is 21.2. The highest BCUT2D eigenvalue weighted by Gasteiger charge is 2.25. The van der Waals surface area contributed by atoms with Gasteiger partial charge >= 0.3 is 0 Å². The lowest BCUT2D eigenvalue weighted by Crippen LogP contribution is -2.42. The van der Waals surface area contributed by atoms with Gasteiger partial charge in [0.2, 0.25) is 5.91 Å². The number of amides is 2. The molecule has 0 aliphatic rings. The van der Waals surface area contributed by atoms with Gasteiger partial charge in [0.15, 0.2) is 0 Å². The molecule has 0 fully saturated rings. The van der Waals surface area contributed by atoms with Crippen molar-refractivity contribution < 1.29 is 33.7 Å². The van der Waals surface area contributed by atoms with E-state index in [1.54, 1.807) is 55.2 Å². The second-order valence-electron chi connectivity index (χ2n) is 8.43. The van der Waals surface area contributed by atoms with Crippen LogP contribution in [0, 0.1) is 5.92 Å². The Morgan fingerprint density at radius 3 is 2.34 bits per heavy atom. The third-order valence-corrected chi connectivity index (χ3v) is 5.58. The standard InChI is InChI=1S/C28H33N3O7/c1-35-15-16-36-20-37-19-24(18-22(28(33)31-34)17-23-7-5-6-14-29-23)30-27(32)21-10-12-26(13-11-21)38-25-8-3-2-4-9-25/h2-14,22,24,34H,15-20H2,1H3,(H,30,32)(H,31,33)/t22-,24-/m0/s1. The maximum Gasteiger partial charge on any atom is 0.251 e. The summed E-state index contributed by atoms with van der Waals surface area (Å²) in [5, 5.41) is 12.2. The van der Waals surface area contributed by atoms with Crippen molar-refractivity contribution in [3.63, 3.8) is 0 Å². The number of aromatic nitrogens is 1. The number of nitrogens with one attached hydrogen (secondary N) is 2. The molecule has 2 atom stereocenters. The number of hydroxylamine groups is 1. The molecule has 1 heterocycles. The summed E-state index contributed by atoms with van der Waals surface area (Å²) in [6.45, 7) is 0.875. The highest BCUT2D eigenvalue weighted by molar-refractivity contribution is 5.94. The second-order valence-corrected chi connectivity index (χ2v) is 8.43. The predicted octanol–water partition coefficient (Wildman–Crippen LogP) is 3.36. The summed E-state index contributed by atoms with van der Waals surface area (Å²) in [6, 6.07) is 20.9. The number of ether oxygens (including phenoxy) is 4. The third kappa shape index (κ3) is 9.91. The summed E-state index contributed by atoms with van der Waals surface area (Å²) in [6.07, 6.45) is 2.10. The van der Waals surface area contributed by atoms with Crippen LogP contribution in [0.25, 0.3) is 0 Å². The first-order valence-corrected chi connectivity index (χ1v) is 12.2. The predicted molar refractivity (Wildman–Crippen MR) is 139 cm³/mol. The van der Waals surface area contributed by atoms with Gasteiger partial charge < -0.3 is 24.3 Å². The maximum absolute atomic E-state index is 13.1. The Kier molecular flexibility index (Phi) is 12.2. The minimum Gasteiger partial charge on any atom is -0.457 e. The number of nitrogens with zero attached hydrogens (tertiary/aromatic N) is 1. The molecule has 2 amide bonds. The third-order valence-electron chi connectivity index (χ3n) is 5.58. The van der Waals surface area contributed by atoms with Gasteiger partial charge in [-0.2, -0.15) is 0 Å². The number of carbonyl (C=O) groups is 2. The van der Waals surface area contributed by atoms with Gasteiger partial charge in [0.25, 0.3) is 5.91 Å². The summed E-state index contributed by atoms with van der Waals surface area (Å²) in [5.41, 5.74) is 2.82. The molecule has 0 spiro atoms. The fraction of sp³-hybridized carbons (Fsp3) is 0.321. The fourth-order valence-corrected chi connectivity index (χ4v) is 3.68. The van der Waals surface area contributed by atoms with Crippen LogP contribution >= 0.6 is 0 Å². The molecule has 3 N–H and O–H groups in total. The van der Waals surface area contributed by atoms with E-state index < -0.39 is 17.9 Å². The van der Waals surface area contributed by atoms with Crippen LogP contribution in [0.5, 0.6) is 11.5 Å². The van der Waals surface area contributed by atoms with Gasteiger partial charge in [0.1, 0.15) is 18.3 Å². The first-order chi connectivity index (χ1) is 18.6. The number of para-hydroxylation sites is 1. The summed E-state index contributed by atoms with van der Waals surface area (Å²) >= 11 is 0. The van der Waals surface area contributed by atoms with Crippen LogP contribution in [0.3, 0.4) is 0 Å². The van der Waals surface area contributed by atoms with Crippen molar-refractivity contribution in [2.45, 2.75) is 18.9 Å². The Bertz CT molecular complexity index is 1100. The molecular formula is C28H33N3O7. The van der Waals surface area contributed by atoms with E-state index in [0.29, 0.717) is 36.0 Å². The van der Waals surface area contributed by atoms with Crippen molar-refractivity contribution in [2.24, 2.45) is 5.92 Å². The van der Waals surface area contributed by atoms with Gasteiger partial charge in [-0.1, -0.05) is 24.3 Å². The molecule has 0 unspecified atom stereocenters. The van der Waals surface area contributed by atoms with Crippen molar-refractivity contribution in [3.8, 4) is 11.5 Å². The fourth-order valence-electron chi connectivity index (χ4n) is 3.68. The molecule has 3 rings (SSSR count).